The predicted octanol–water partition coefficient (Wildman–Crippen LogP) is 5.30. The maximum Gasteiger partial charge on any atom is 0.337 e. The number of fused-ring (bicyclic) bond motifs is 1. The Bertz CT molecular complexity index is 896. The molecule has 140 valence electrons. The average Bonchev–Trinajstić information content (AvgIpc) is 2.71. The number of hydrogen-bond donors (Lipinski definition) is 1. The third-order valence-corrected chi connectivity index (χ3v) is 5.07. The van der Waals surface area contributed by atoms with E-state index in [2.05, 4.69) is 61.6 Å². The van der Waals surface area contributed by atoms with Crippen LogP contribution in [0.1, 0.15) is 47.8 Å². The van der Waals surface area contributed by atoms with Crippen LogP contribution in [0.15, 0.2) is 66.7 Å². The molecule has 3 aromatic rings. The van der Waals surface area contributed by atoms with Crippen molar-refractivity contribution in [2.45, 2.75) is 38.8 Å². The SMILES string of the molecule is COC(=O)c1ccc(CCC(C)N[C@H](C)c2cccc3ccccc23)cc1. The van der Waals surface area contributed by atoms with Gasteiger partial charge in [-0.15, -0.1) is 0 Å². The van der Waals surface area contributed by atoms with Crippen molar-refractivity contribution in [1.82, 2.24) is 5.32 Å². The average molecular weight is 361 g/mol. The lowest BCUT2D eigenvalue weighted by Gasteiger charge is -2.22. The van der Waals surface area contributed by atoms with Gasteiger partial charge in [0.05, 0.1) is 12.7 Å². The van der Waals surface area contributed by atoms with Crippen LogP contribution in [0.2, 0.25) is 0 Å². The molecule has 0 radical (unpaired) electrons. The summed E-state index contributed by atoms with van der Waals surface area (Å²) in [7, 11) is 1.40. The van der Waals surface area contributed by atoms with Gasteiger partial charge in [0.15, 0.2) is 0 Å². The van der Waals surface area contributed by atoms with Crippen LogP contribution in [0.4, 0.5) is 0 Å². The number of ether oxygens (including phenoxy) is 1. The molecule has 3 rings (SSSR count). The largest absolute Gasteiger partial charge is 0.465 e. The molecule has 1 N–H and O–H groups in total. The fourth-order valence-corrected chi connectivity index (χ4v) is 3.54. The summed E-state index contributed by atoms with van der Waals surface area (Å²) in [5.74, 6) is -0.291. The Hall–Kier alpha value is -2.65. The molecule has 0 aromatic heterocycles. The molecule has 0 aliphatic carbocycles. The summed E-state index contributed by atoms with van der Waals surface area (Å²) in [6, 6.07) is 23.4. The second-order valence-corrected chi connectivity index (χ2v) is 7.08. The molecule has 27 heavy (non-hydrogen) atoms. The first-order valence-electron chi connectivity index (χ1n) is 9.49. The van der Waals surface area contributed by atoms with Crippen molar-refractivity contribution in [2.75, 3.05) is 7.11 Å². The van der Waals surface area contributed by atoms with Crippen LogP contribution in [-0.2, 0) is 11.2 Å². The van der Waals surface area contributed by atoms with Gasteiger partial charge < -0.3 is 10.1 Å². The molecule has 1 unspecified atom stereocenters. The Morgan fingerprint density at radius 2 is 1.67 bits per heavy atom. The van der Waals surface area contributed by atoms with E-state index < -0.39 is 0 Å². The molecule has 3 nitrogen and oxygen atoms in total. The van der Waals surface area contributed by atoms with Gasteiger partial charge in [-0.2, -0.15) is 0 Å². The maximum atomic E-state index is 11.5. The van der Waals surface area contributed by atoms with Crippen LogP contribution in [-0.4, -0.2) is 19.1 Å². The van der Waals surface area contributed by atoms with Crippen LogP contribution >= 0.6 is 0 Å². The van der Waals surface area contributed by atoms with E-state index in [4.69, 9.17) is 4.74 Å². The molecule has 0 aliphatic rings. The first-order chi connectivity index (χ1) is 13.1. The molecule has 0 heterocycles. The second kappa shape index (κ2) is 8.83. The number of carbonyl (C=O) groups is 1. The van der Waals surface area contributed by atoms with Crippen molar-refractivity contribution in [3.8, 4) is 0 Å². The lowest BCUT2D eigenvalue weighted by molar-refractivity contribution is 0.0600. The summed E-state index contributed by atoms with van der Waals surface area (Å²) in [5.41, 5.74) is 3.16. The van der Waals surface area contributed by atoms with Crippen LogP contribution < -0.4 is 5.32 Å². The van der Waals surface area contributed by atoms with E-state index in [0.29, 0.717) is 11.6 Å². The van der Waals surface area contributed by atoms with Crippen molar-refractivity contribution in [2.24, 2.45) is 0 Å². The molecule has 0 amide bonds. The second-order valence-electron chi connectivity index (χ2n) is 7.08. The van der Waals surface area contributed by atoms with E-state index in [-0.39, 0.29) is 12.0 Å². The molecule has 2 atom stereocenters. The minimum Gasteiger partial charge on any atom is -0.465 e. The maximum absolute atomic E-state index is 11.5. The highest BCUT2D eigenvalue weighted by molar-refractivity contribution is 5.89. The monoisotopic (exact) mass is 361 g/mol. The first-order valence-corrected chi connectivity index (χ1v) is 9.49. The highest BCUT2D eigenvalue weighted by Crippen LogP contribution is 2.24. The lowest BCUT2D eigenvalue weighted by atomic mass is 9.98. The van der Waals surface area contributed by atoms with Crippen LogP contribution in [0, 0.1) is 0 Å². The fraction of sp³-hybridized carbons (Fsp3) is 0.292. The molecule has 3 heteroatoms. The zero-order valence-corrected chi connectivity index (χ0v) is 16.2. The summed E-state index contributed by atoms with van der Waals surface area (Å²) in [5, 5.41) is 6.31. The molecule has 0 spiro atoms. The Morgan fingerprint density at radius 3 is 2.41 bits per heavy atom. The number of hydrogen-bond acceptors (Lipinski definition) is 3. The van der Waals surface area contributed by atoms with Gasteiger partial charge in [0, 0.05) is 12.1 Å². The third-order valence-electron chi connectivity index (χ3n) is 5.07. The topological polar surface area (TPSA) is 38.3 Å². The smallest absolute Gasteiger partial charge is 0.337 e. The summed E-state index contributed by atoms with van der Waals surface area (Å²) in [6.07, 6.45) is 2.00. The first kappa shape index (κ1) is 19.1. The number of aryl methyl sites for hydroxylation is 1. The van der Waals surface area contributed by atoms with E-state index >= 15 is 0 Å². The van der Waals surface area contributed by atoms with Gasteiger partial charge in [-0.05, 0) is 60.7 Å². The van der Waals surface area contributed by atoms with E-state index in [1.165, 1.54) is 29.0 Å². The van der Waals surface area contributed by atoms with Crippen molar-refractivity contribution >= 4 is 16.7 Å². The van der Waals surface area contributed by atoms with Crippen molar-refractivity contribution in [3.05, 3.63) is 83.4 Å². The highest BCUT2D eigenvalue weighted by Gasteiger charge is 2.12. The van der Waals surface area contributed by atoms with Gasteiger partial charge in [0.1, 0.15) is 0 Å². The van der Waals surface area contributed by atoms with Crippen LogP contribution in [0.5, 0.6) is 0 Å². The number of methoxy groups -OCH3 is 1. The molecule has 0 aliphatic heterocycles. The highest BCUT2D eigenvalue weighted by atomic mass is 16.5. The summed E-state index contributed by atoms with van der Waals surface area (Å²) in [4.78, 5) is 11.5. The zero-order chi connectivity index (χ0) is 19.2. The van der Waals surface area contributed by atoms with E-state index in [1.54, 1.807) is 0 Å². The standard InChI is InChI=1S/C24H27NO2/c1-17(11-12-19-13-15-21(16-14-19)24(26)27-3)25-18(2)22-10-6-8-20-7-4-5-9-23(20)22/h4-10,13-18,25H,11-12H2,1-3H3/t17?,18-/m1/s1. The van der Waals surface area contributed by atoms with Crippen molar-refractivity contribution < 1.29 is 9.53 Å². The number of esters is 1. The van der Waals surface area contributed by atoms with Gasteiger partial charge in [-0.1, -0.05) is 54.6 Å². The van der Waals surface area contributed by atoms with Crippen LogP contribution in [0.25, 0.3) is 10.8 Å². The summed E-state index contributed by atoms with van der Waals surface area (Å²) >= 11 is 0. The number of carbonyl (C=O) groups excluding carboxylic acids is 1. The Morgan fingerprint density at radius 1 is 0.963 bits per heavy atom. The van der Waals surface area contributed by atoms with Gasteiger partial charge in [-0.25, -0.2) is 4.79 Å². The lowest BCUT2D eigenvalue weighted by Crippen LogP contribution is -2.29. The third kappa shape index (κ3) is 4.75. The Labute approximate surface area is 161 Å². The molecule has 0 fully saturated rings. The van der Waals surface area contributed by atoms with Gasteiger partial charge in [-0.3, -0.25) is 0 Å². The van der Waals surface area contributed by atoms with E-state index in [9.17, 15) is 4.79 Å². The minimum atomic E-state index is -0.291. The minimum absolute atomic E-state index is 0.285. The van der Waals surface area contributed by atoms with Gasteiger partial charge >= 0.3 is 5.97 Å². The Kier molecular flexibility index (Phi) is 6.25. The number of rotatable bonds is 7. The summed E-state index contributed by atoms with van der Waals surface area (Å²) in [6.45, 7) is 4.45. The Balaban J connectivity index is 1.58. The molecule has 0 saturated carbocycles. The van der Waals surface area contributed by atoms with Crippen LogP contribution in [0.3, 0.4) is 0 Å². The summed E-state index contributed by atoms with van der Waals surface area (Å²) < 4.78 is 4.74. The normalized spacial score (nSPS) is 13.3. The number of nitrogens with one attached hydrogen (secondary N) is 1. The molecule has 0 saturated heterocycles. The zero-order valence-electron chi connectivity index (χ0n) is 16.2. The fourth-order valence-electron chi connectivity index (χ4n) is 3.54. The van der Waals surface area contributed by atoms with Crippen molar-refractivity contribution in [3.63, 3.8) is 0 Å². The van der Waals surface area contributed by atoms with Gasteiger partial charge in [0.25, 0.3) is 0 Å². The van der Waals surface area contributed by atoms with Crippen molar-refractivity contribution in [1.29, 1.82) is 0 Å². The quantitative estimate of drug-likeness (QED) is 0.581. The van der Waals surface area contributed by atoms with E-state index in [0.717, 1.165) is 12.8 Å². The molecule has 0 bridgehead atoms. The van der Waals surface area contributed by atoms with Gasteiger partial charge in [0.2, 0.25) is 0 Å². The molecular weight excluding hydrogens is 334 g/mol. The molecule has 3 aromatic carbocycles. The van der Waals surface area contributed by atoms with E-state index in [1.807, 2.05) is 24.3 Å². The molecular formula is C24H27NO2. The predicted molar refractivity (Wildman–Crippen MR) is 111 cm³/mol. The number of benzene rings is 3.